The third-order valence-corrected chi connectivity index (χ3v) is 8.18. The molecule has 7 atom stereocenters. The Labute approximate surface area is 144 Å². The van der Waals surface area contributed by atoms with E-state index in [1.165, 1.54) is 0 Å². The van der Waals surface area contributed by atoms with E-state index in [2.05, 4.69) is 19.8 Å². The highest BCUT2D eigenvalue weighted by molar-refractivity contribution is 5.92. The summed E-state index contributed by atoms with van der Waals surface area (Å²) in [5, 5.41) is 22.5. The van der Waals surface area contributed by atoms with Crippen molar-refractivity contribution in [2.24, 2.45) is 29.1 Å². The molecule has 0 aromatic carbocycles. The molecule has 0 heterocycles. The molecule has 0 radical (unpaired) electrons. The Morgan fingerprint density at radius 1 is 1.21 bits per heavy atom. The molecule has 0 saturated heterocycles. The van der Waals surface area contributed by atoms with Crippen LogP contribution >= 0.6 is 0 Å². The maximum absolute atomic E-state index is 11.8. The van der Waals surface area contributed by atoms with E-state index in [0.717, 1.165) is 31.3 Å². The summed E-state index contributed by atoms with van der Waals surface area (Å²) in [6.45, 7) is 4.41. The molecule has 0 aromatic rings. The van der Waals surface area contributed by atoms with Gasteiger partial charge in [0.25, 0.3) is 0 Å². The minimum atomic E-state index is -1.01. The molecule has 24 heavy (non-hydrogen) atoms. The summed E-state index contributed by atoms with van der Waals surface area (Å²) in [6.07, 6.45) is 12.6. The number of hydrogen-bond acceptors (Lipinski definition) is 3. The van der Waals surface area contributed by atoms with E-state index in [1.807, 2.05) is 0 Å². The highest BCUT2D eigenvalue weighted by atomic mass is 16.3. The van der Waals surface area contributed by atoms with E-state index in [9.17, 15) is 15.0 Å². The topological polar surface area (TPSA) is 57.5 Å². The molecule has 2 N–H and O–H groups in total. The monoisotopic (exact) mass is 328 g/mol. The minimum absolute atomic E-state index is 0.156. The van der Waals surface area contributed by atoms with Crippen molar-refractivity contribution in [1.29, 1.82) is 0 Å². The summed E-state index contributed by atoms with van der Waals surface area (Å²) in [4.78, 5) is 11.8. The molecule has 130 valence electrons. The van der Waals surface area contributed by atoms with Crippen LogP contribution in [-0.2, 0) is 4.79 Å². The van der Waals surface area contributed by atoms with Crippen LogP contribution in [0, 0.1) is 41.4 Å². The fourth-order valence-electron chi connectivity index (χ4n) is 6.81. The van der Waals surface area contributed by atoms with Crippen LogP contribution < -0.4 is 0 Å². The van der Waals surface area contributed by atoms with Gasteiger partial charge < -0.3 is 10.2 Å². The molecule has 3 fully saturated rings. The highest BCUT2D eigenvalue weighted by Gasteiger charge is 2.65. The van der Waals surface area contributed by atoms with Crippen LogP contribution in [-0.4, -0.2) is 27.2 Å². The van der Waals surface area contributed by atoms with Crippen LogP contribution in [0.25, 0.3) is 0 Å². The summed E-state index contributed by atoms with van der Waals surface area (Å²) >= 11 is 0. The van der Waals surface area contributed by atoms with Crippen molar-refractivity contribution in [2.45, 2.75) is 70.0 Å². The van der Waals surface area contributed by atoms with Gasteiger partial charge in [-0.3, -0.25) is 4.79 Å². The average molecular weight is 328 g/mol. The number of carbonyl (C=O) groups excluding carboxylic acids is 1. The van der Waals surface area contributed by atoms with Crippen molar-refractivity contribution in [2.75, 3.05) is 0 Å². The van der Waals surface area contributed by atoms with Crippen LogP contribution in [0.15, 0.2) is 11.6 Å². The zero-order chi connectivity index (χ0) is 17.3. The van der Waals surface area contributed by atoms with Crippen LogP contribution in [0.2, 0.25) is 0 Å². The van der Waals surface area contributed by atoms with E-state index in [4.69, 9.17) is 6.42 Å². The first-order valence-electron chi connectivity index (χ1n) is 9.41. The summed E-state index contributed by atoms with van der Waals surface area (Å²) in [5.41, 5.74) is -1.12. The van der Waals surface area contributed by atoms with Gasteiger partial charge in [-0.25, -0.2) is 0 Å². The maximum Gasteiger partial charge on any atom is 0.155 e. The van der Waals surface area contributed by atoms with Crippen molar-refractivity contribution in [3.63, 3.8) is 0 Å². The Hall–Kier alpha value is -1.11. The number of rotatable bonds is 0. The van der Waals surface area contributed by atoms with E-state index in [1.54, 1.807) is 6.08 Å². The number of aliphatic hydroxyl groups is 2. The second kappa shape index (κ2) is 4.96. The lowest BCUT2D eigenvalue weighted by Gasteiger charge is -2.59. The van der Waals surface area contributed by atoms with Crippen molar-refractivity contribution < 1.29 is 15.0 Å². The number of carbonyl (C=O) groups is 1. The SMILES string of the molecule is C#C[C@@]1(O)CC[C@@H]2[C@@H]3[C@@H](CC[C@]21C)[C@]1(O)CCC(=O)C=C1C[C@@H]3C. The van der Waals surface area contributed by atoms with Crippen LogP contribution in [0.5, 0.6) is 0 Å². The van der Waals surface area contributed by atoms with Gasteiger partial charge in [0.15, 0.2) is 5.78 Å². The first-order chi connectivity index (χ1) is 11.2. The molecule has 0 unspecified atom stereocenters. The molecule has 3 saturated carbocycles. The van der Waals surface area contributed by atoms with Gasteiger partial charge >= 0.3 is 0 Å². The lowest BCUT2D eigenvalue weighted by Crippen LogP contribution is -2.59. The largest absolute Gasteiger partial charge is 0.385 e. The molecule has 0 aromatic heterocycles. The van der Waals surface area contributed by atoms with E-state index in [-0.39, 0.29) is 17.1 Å². The van der Waals surface area contributed by atoms with E-state index >= 15 is 0 Å². The molecule has 0 amide bonds. The fraction of sp³-hybridized carbons (Fsp3) is 0.762. The number of fused-ring (bicyclic) bond motifs is 5. The first-order valence-corrected chi connectivity index (χ1v) is 9.41. The molecule has 0 bridgehead atoms. The zero-order valence-electron chi connectivity index (χ0n) is 14.7. The summed E-state index contributed by atoms with van der Waals surface area (Å²) < 4.78 is 0. The van der Waals surface area contributed by atoms with Crippen LogP contribution in [0.1, 0.15) is 58.8 Å². The van der Waals surface area contributed by atoms with Gasteiger partial charge in [-0.1, -0.05) is 19.8 Å². The van der Waals surface area contributed by atoms with Gasteiger partial charge in [-0.05, 0) is 73.8 Å². The second-order valence-electron chi connectivity index (χ2n) is 9.03. The number of ketones is 1. The lowest BCUT2D eigenvalue weighted by atomic mass is 9.47. The molecular formula is C21H28O3. The van der Waals surface area contributed by atoms with Crippen molar-refractivity contribution in [3.05, 3.63) is 11.6 Å². The normalized spacial score (nSPS) is 53.5. The third kappa shape index (κ3) is 1.85. The molecule has 0 spiro atoms. The Bertz CT molecular complexity index is 658. The predicted octanol–water partition coefficient (Wildman–Crippen LogP) is 2.85. The second-order valence-corrected chi connectivity index (χ2v) is 9.03. The maximum atomic E-state index is 11.8. The lowest BCUT2D eigenvalue weighted by molar-refractivity contribution is -0.148. The van der Waals surface area contributed by atoms with Gasteiger partial charge in [0.2, 0.25) is 0 Å². The Kier molecular flexibility index (Phi) is 3.38. The predicted molar refractivity (Wildman–Crippen MR) is 91.9 cm³/mol. The molecule has 4 rings (SSSR count). The zero-order valence-corrected chi connectivity index (χ0v) is 14.7. The van der Waals surface area contributed by atoms with E-state index < -0.39 is 11.2 Å². The van der Waals surface area contributed by atoms with Crippen LogP contribution in [0.4, 0.5) is 0 Å². The van der Waals surface area contributed by atoms with Gasteiger partial charge in [0, 0.05) is 11.8 Å². The average Bonchev–Trinajstić information content (AvgIpc) is 2.82. The molecular weight excluding hydrogens is 300 g/mol. The summed E-state index contributed by atoms with van der Waals surface area (Å²) in [6, 6.07) is 0. The highest BCUT2D eigenvalue weighted by Crippen LogP contribution is 2.66. The summed E-state index contributed by atoms with van der Waals surface area (Å²) in [7, 11) is 0. The first kappa shape index (κ1) is 16.4. The Morgan fingerprint density at radius 2 is 1.92 bits per heavy atom. The molecule has 3 nitrogen and oxygen atoms in total. The third-order valence-electron chi connectivity index (χ3n) is 8.18. The molecule has 0 aliphatic heterocycles. The molecule has 4 aliphatic carbocycles. The van der Waals surface area contributed by atoms with Crippen LogP contribution in [0.3, 0.4) is 0 Å². The standard InChI is InChI=1S/C21H28O3/c1-4-20(23)9-7-16-18-13(2)11-14-12-15(22)5-10-21(14,24)17(18)6-8-19(16,20)3/h1,12-13,16-18,23-24H,5-11H2,2-3H3/t13-,16+,17+,18+,19+,20+,21-/m0/s1. The Balaban J connectivity index is 1.75. The smallest absolute Gasteiger partial charge is 0.155 e. The number of terminal acetylenes is 1. The van der Waals surface area contributed by atoms with Crippen molar-refractivity contribution >= 4 is 5.78 Å². The quantitative estimate of drug-likeness (QED) is 0.672. The number of hydrogen-bond donors (Lipinski definition) is 2. The fourth-order valence-corrected chi connectivity index (χ4v) is 6.81. The van der Waals surface area contributed by atoms with Gasteiger partial charge in [0.05, 0.1) is 5.60 Å². The van der Waals surface area contributed by atoms with E-state index in [0.29, 0.717) is 37.0 Å². The minimum Gasteiger partial charge on any atom is -0.385 e. The van der Waals surface area contributed by atoms with Gasteiger partial charge in [-0.15, -0.1) is 6.42 Å². The van der Waals surface area contributed by atoms with Crippen molar-refractivity contribution in [3.8, 4) is 12.3 Å². The molecule has 4 aliphatic rings. The molecule has 3 heteroatoms. The summed E-state index contributed by atoms with van der Waals surface area (Å²) in [5.74, 6) is 4.20. The van der Waals surface area contributed by atoms with Gasteiger partial charge in [-0.2, -0.15) is 0 Å². The van der Waals surface area contributed by atoms with Gasteiger partial charge in [0.1, 0.15) is 5.60 Å². The van der Waals surface area contributed by atoms with Crippen molar-refractivity contribution in [1.82, 2.24) is 0 Å². The Morgan fingerprint density at radius 3 is 2.62 bits per heavy atom.